The average molecular weight is 386 g/mol. The molecule has 0 spiro atoms. The quantitative estimate of drug-likeness (QED) is 0.723. The predicted octanol–water partition coefficient (Wildman–Crippen LogP) is 2.64. The summed E-state index contributed by atoms with van der Waals surface area (Å²) in [6.07, 6.45) is 2.71. The number of alkyl halides is 3. The molecule has 0 atom stereocenters. The van der Waals surface area contributed by atoms with E-state index >= 15 is 0 Å². The number of carboxylic acids is 2. The van der Waals surface area contributed by atoms with Crippen LogP contribution in [0.1, 0.15) is 40.6 Å². The lowest BCUT2D eigenvalue weighted by atomic mass is 10.3. The van der Waals surface area contributed by atoms with Crippen LogP contribution in [0, 0.1) is 0 Å². The van der Waals surface area contributed by atoms with Gasteiger partial charge in [0.05, 0.1) is 5.69 Å². The highest BCUT2D eigenvalue weighted by Crippen LogP contribution is 2.37. The number of hydrogen-bond donors (Lipinski definition) is 3. The second-order valence-corrected chi connectivity index (χ2v) is 5.91. The number of aromatic carboxylic acids is 1. The first kappa shape index (κ1) is 20.2. The summed E-state index contributed by atoms with van der Waals surface area (Å²) >= 11 is 0. The lowest BCUT2D eigenvalue weighted by molar-refractivity contribution is -0.192. The number of aryl methyl sites for hydroxylation is 1. The molecule has 1 fully saturated rings. The van der Waals surface area contributed by atoms with Crippen molar-refractivity contribution in [2.24, 2.45) is 7.05 Å². The highest BCUT2D eigenvalue weighted by atomic mass is 19.4. The fourth-order valence-corrected chi connectivity index (χ4v) is 2.09. The van der Waals surface area contributed by atoms with E-state index in [1.807, 2.05) is 12.4 Å². The van der Waals surface area contributed by atoms with Gasteiger partial charge in [-0.25, -0.2) is 19.6 Å². The molecule has 0 radical (unpaired) electrons. The summed E-state index contributed by atoms with van der Waals surface area (Å²) in [5.74, 6) is -2.20. The Morgan fingerprint density at radius 1 is 1.26 bits per heavy atom. The van der Waals surface area contributed by atoms with Crippen molar-refractivity contribution in [3.63, 3.8) is 0 Å². The van der Waals surface area contributed by atoms with Crippen LogP contribution in [-0.4, -0.2) is 42.9 Å². The largest absolute Gasteiger partial charge is 0.490 e. The highest BCUT2D eigenvalue weighted by molar-refractivity contribution is 5.87. The molecule has 1 saturated carbocycles. The van der Waals surface area contributed by atoms with E-state index in [4.69, 9.17) is 15.0 Å². The Morgan fingerprint density at radius 3 is 2.22 bits per heavy atom. The van der Waals surface area contributed by atoms with Gasteiger partial charge >= 0.3 is 18.1 Å². The summed E-state index contributed by atoms with van der Waals surface area (Å²) in [5.41, 5.74) is 2.01. The minimum atomic E-state index is -5.08. The molecule has 0 saturated heterocycles. The molecule has 0 unspecified atom stereocenters. The number of aliphatic carboxylic acids is 1. The van der Waals surface area contributed by atoms with Crippen LogP contribution in [-0.2, 0) is 18.4 Å². The Morgan fingerprint density at radius 2 is 1.81 bits per heavy atom. The number of carbonyl (C=O) groups is 2. The SMILES string of the molecule is Cn1cc(NCc2cnc(C3CC3)nc2)cc1C(=O)O.O=C(O)C(F)(F)F. The predicted molar refractivity (Wildman–Crippen MR) is 87.4 cm³/mol. The Hall–Kier alpha value is -3.11. The second kappa shape index (κ2) is 8.06. The first-order chi connectivity index (χ1) is 12.6. The lowest BCUT2D eigenvalue weighted by Gasteiger charge is -2.04. The average Bonchev–Trinajstić information content (AvgIpc) is 3.36. The van der Waals surface area contributed by atoms with Crippen LogP contribution in [0.5, 0.6) is 0 Å². The maximum atomic E-state index is 10.9. The zero-order valence-electron chi connectivity index (χ0n) is 14.2. The van der Waals surface area contributed by atoms with Crippen LogP contribution < -0.4 is 5.32 Å². The van der Waals surface area contributed by atoms with Crippen molar-refractivity contribution in [2.75, 3.05) is 5.32 Å². The van der Waals surface area contributed by atoms with Crippen molar-refractivity contribution in [2.45, 2.75) is 31.5 Å². The first-order valence-electron chi connectivity index (χ1n) is 7.82. The fourth-order valence-electron chi connectivity index (χ4n) is 2.09. The zero-order valence-corrected chi connectivity index (χ0v) is 14.2. The minimum absolute atomic E-state index is 0.257. The molecule has 2 aromatic rings. The van der Waals surface area contributed by atoms with E-state index in [2.05, 4.69) is 15.3 Å². The monoisotopic (exact) mass is 386 g/mol. The molecule has 1 aliphatic carbocycles. The Kier molecular flexibility index (Phi) is 6.03. The van der Waals surface area contributed by atoms with Gasteiger partial charge < -0.3 is 20.1 Å². The normalized spacial score (nSPS) is 13.5. The van der Waals surface area contributed by atoms with Crippen molar-refractivity contribution < 1.29 is 33.0 Å². The van der Waals surface area contributed by atoms with Gasteiger partial charge in [0.1, 0.15) is 11.5 Å². The van der Waals surface area contributed by atoms with E-state index in [9.17, 15) is 18.0 Å². The standard InChI is InChI=1S/C14H16N4O2.C2HF3O2/c1-18-8-11(4-12(18)14(19)20)15-5-9-6-16-13(17-7-9)10-2-3-10;3-2(4,5)1(6)7/h4,6-8,10,15H,2-3,5H2,1H3,(H,19,20);(H,6,7). The second-order valence-electron chi connectivity index (χ2n) is 5.91. The van der Waals surface area contributed by atoms with Gasteiger partial charge in [0, 0.05) is 43.7 Å². The van der Waals surface area contributed by atoms with E-state index in [0.717, 1.165) is 17.1 Å². The van der Waals surface area contributed by atoms with Gasteiger partial charge in [0.15, 0.2) is 0 Å². The molecular weight excluding hydrogens is 369 g/mol. The number of nitrogens with zero attached hydrogens (tertiary/aromatic N) is 3. The summed E-state index contributed by atoms with van der Waals surface area (Å²) < 4.78 is 33.3. The summed E-state index contributed by atoms with van der Waals surface area (Å²) in [4.78, 5) is 28.6. The number of aromatic nitrogens is 3. The van der Waals surface area contributed by atoms with Gasteiger partial charge in [-0.3, -0.25) is 0 Å². The topological polar surface area (TPSA) is 117 Å². The summed E-state index contributed by atoms with van der Waals surface area (Å²) in [7, 11) is 1.71. The zero-order chi connectivity index (χ0) is 20.2. The highest BCUT2D eigenvalue weighted by Gasteiger charge is 2.38. The number of carboxylic acid groups (broad SMARTS) is 2. The van der Waals surface area contributed by atoms with Crippen molar-refractivity contribution in [3.05, 3.63) is 41.7 Å². The third kappa shape index (κ3) is 5.97. The summed E-state index contributed by atoms with van der Waals surface area (Å²) in [5, 5.41) is 19.3. The Labute approximate surface area is 151 Å². The van der Waals surface area contributed by atoms with E-state index < -0.39 is 18.1 Å². The van der Waals surface area contributed by atoms with Gasteiger partial charge in [0.25, 0.3) is 0 Å². The number of nitrogens with one attached hydrogen (secondary N) is 1. The molecule has 11 heteroatoms. The molecule has 0 aliphatic heterocycles. The van der Waals surface area contributed by atoms with Gasteiger partial charge in [-0.2, -0.15) is 13.2 Å². The minimum Gasteiger partial charge on any atom is -0.477 e. The van der Waals surface area contributed by atoms with Gasteiger partial charge in [-0.05, 0) is 18.9 Å². The number of halogens is 3. The number of anilines is 1. The molecule has 27 heavy (non-hydrogen) atoms. The first-order valence-corrected chi connectivity index (χ1v) is 7.82. The summed E-state index contributed by atoms with van der Waals surface area (Å²) in [6.45, 7) is 0.577. The van der Waals surface area contributed by atoms with Crippen LogP contribution in [0.2, 0.25) is 0 Å². The van der Waals surface area contributed by atoms with Crippen LogP contribution in [0.4, 0.5) is 18.9 Å². The molecule has 0 aromatic carbocycles. The van der Waals surface area contributed by atoms with Crippen molar-refractivity contribution in [1.82, 2.24) is 14.5 Å². The third-order valence-corrected chi connectivity index (χ3v) is 3.63. The molecule has 0 amide bonds. The van der Waals surface area contributed by atoms with Gasteiger partial charge in [-0.1, -0.05) is 0 Å². The van der Waals surface area contributed by atoms with Crippen LogP contribution in [0.15, 0.2) is 24.7 Å². The van der Waals surface area contributed by atoms with Crippen LogP contribution in [0.3, 0.4) is 0 Å². The molecule has 146 valence electrons. The van der Waals surface area contributed by atoms with Gasteiger partial charge in [0.2, 0.25) is 0 Å². The Balaban J connectivity index is 0.000000321. The molecule has 8 nitrogen and oxygen atoms in total. The summed E-state index contributed by atoms with van der Waals surface area (Å²) in [6, 6.07) is 1.61. The van der Waals surface area contributed by atoms with Crippen molar-refractivity contribution >= 4 is 17.6 Å². The van der Waals surface area contributed by atoms with E-state index in [1.165, 1.54) is 12.8 Å². The number of rotatable bonds is 5. The molecule has 1 aliphatic rings. The molecule has 0 bridgehead atoms. The van der Waals surface area contributed by atoms with E-state index in [-0.39, 0.29) is 5.69 Å². The lowest BCUT2D eigenvalue weighted by Crippen LogP contribution is -2.21. The van der Waals surface area contributed by atoms with Crippen LogP contribution in [0.25, 0.3) is 0 Å². The van der Waals surface area contributed by atoms with Crippen molar-refractivity contribution in [3.8, 4) is 0 Å². The van der Waals surface area contributed by atoms with E-state index in [0.29, 0.717) is 12.5 Å². The maximum Gasteiger partial charge on any atom is 0.490 e. The van der Waals surface area contributed by atoms with Gasteiger partial charge in [-0.15, -0.1) is 0 Å². The molecule has 3 N–H and O–H groups in total. The fraction of sp³-hybridized carbons (Fsp3) is 0.375. The Bertz CT molecular complexity index is 814. The molecule has 2 aromatic heterocycles. The molecule has 3 rings (SSSR count). The smallest absolute Gasteiger partial charge is 0.477 e. The van der Waals surface area contributed by atoms with E-state index in [1.54, 1.807) is 23.9 Å². The third-order valence-electron chi connectivity index (χ3n) is 3.63. The maximum absolute atomic E-state index is 10.9. The van der Waals surface area contributed by atoms with Crippen LogP contribution >= 0.6 is 0 Å². The van der Waals surface area contributed by atoms with Crippen molar-refractivity contribution in [1.29, 1.82) is 0 Å². The molecular formula is C16H17F3N4O4. The molecule has 2 heterocycles. The number of hydrogen-bond acceptors (Lipinski definition) is 5.